The van der Waals surface area contributed by atoms with Crippen LogP contribution in [-0.2, 0) is 9.67 Å². The van der Waals surface area contributed by atoms with E-state index >= 15 is 0 Å². The summed E-state index contributed by atoms with van der Waals surface area (Å²) < 4.78 is 0. The number of hydrogen-bond acceptors (Lipinski definition) is 1. The molecule has 1 rings (SSSR count). The molecular weight excluding hydrogens is 184 g/mol. The van der Waals surface area contributed by atoms with Crippen LogP contribution in [0.3, 0.4) is 0 Å². The van der Waals surface area contributed by atoms with Crippen molar-refractivity contribution >= 4 is 17.4 Å². The number of benzene rings is 1. The van der Waals surface area contributed by atoms with Gasteiger partial charge in [-0.05, 0) is 18.6 Å². The largest absolute Gasteiger partial charge is 0.292 e. The minimum atomic E-state index is -0.983. The highest BCUT2D eigenvalue weighted by atomic mass is 35.5. The highest BCUT2D eigenvalue weighted by Gasteiger charge is 2.29. The van der Waals surface area contributed by atoms with Gasteiger partial charge in [0.1, 0.15) is 4.87 Å². The average molecular weight is 195 g/mol. The van der Waals surface area contributed by atoms with Crippen molar-refractivity contribution in [2.24, 2.45) is 0 Å². The first-order chi connectivity index (χ1) is 6.09. The summed E-state index contributed by atoms with van der Waals surface area (Å²) in [6, 6.07) is 9.25. The quantitative estimate of drug-likeness (QED) is 0.534. The van der Waals surface area contributed by atoms with Crippen molar-refractivity contribution in [2.45, 2.75) is 11.8 Å². The van der Waals surface area contributed by atoms with E-state index in [2.05, 4.69) is 6.58 Å². The maximum atomic E-state index is 11.4. The zero-order valence-corrected chi connectivity index (χ0v) is 8.21. The molecule has 0 aromatic heterocycles. The van der Waals surface area contributed by atoms with Gasteiger partial charge < -0.3 is 0 Å². The maximum absolute atomic E-state index is 11.4. The average Bonchev–Trinajstić information content (AvgIpc) is 2.18. The maximum Gasteiger partial charge on any atom is 0.180 e. The Morgan fingerprint density at radius 2 is 2.00 bits per heavy atom. The molecule has 0 aliphatic rings. The first-order valence-corrected chi connectivity index (χ1v) is 4.38. The lowest BCUT2D eigenvalue weighted by molar-refractivity contribution is -0.116. The summed E-state index contributed by atoms with van der Waals surface area (Å²) >= 11 is 6.09. The predicted octanol–water partition coefficient (Wildman–Crippen LogP) is 2.90. The van der Waals surface area contributed by atoms with Crippen LogP contribution in [0.1, 0.15) is 12.5 Å². The second kappa shape index (κ2) is 3.75. The Morgan fingerprint density at radius 3 is 2.46 bits per heavy atom. The summed E-state index contributed by atoms with van der Waals surface area (Å²) in [6.07, 6.45) is 1.25. The van der Waals surface area contributed by atoms with Crippen LogP contribution in [0.25, 0.3) is 0 Å². The third-order valence-corrected chi connectivity index (χ3v) is 2.37. The van der Waals surface area contributed by atoms with E-state index in [9.17, 15) is 4.79 Å². The van der Waals surface area contributed by atoms with Crippen molar-refractivity contribution in [1.29, 1.82) is 0 Å². The Hall–Kier alpha value is -1.08. The van der Waals surface area contributed by atoms with Gasteiger partial charge in [0.05, 0.1) is 0 Å². The first kappa shape index (κ1) is 10.0. The highest BCUT2D eigenvalue weighted by molar-refractivity contribution is 6.36. The second-order valence-electron chi connectivity index (χ2n) is 2.94. The number of ketones is 1. The van der Waals surface area contributed by atoms with Crippen molar-refractivity contribution in [3.05, 3.63) is 48.6 Å². The van der Waals surface area contributed by atoms with Crippen molar-refractivity contribution < 1.29 is 4.79 Å². The standard InChI is InChI=1S/C11H11ClO/c1-3-10(13)11(2,12)9-7-5-4-6-8-9/h3-8H,1H2,2H3. The normalized spacial score (nSPS) is 14.6. The number of carbonyl (C=O) groups excluding carboxylic acids is 1. The SMILES string of the molecule is C=CC(=O)C(C)(Cl)c1ccccc1. The van der Waals surface area contributed by atoms with E-state index < -0.39 is 4.87 Å². The molecule has 0 saturated carbocycles. The van der Waals surface area contributed by atoms with Crippen molar-refractivity contribution in [2.75, 3.05) is 0 Å². The van der Waals surface area contributed by atoms with Crippen molar-refractivity contribution in [3.8, 4) is 0 Å². The molecule has 0 heterocycles. The third-order valence-electron chi connectivity index (χ3n) is 1.96. The lowest BCUT2D eigenvalue weighted by Gasteiger charge is -2.18. The zero-order valence-electron chi connectivity index (χ0n) is 7.46. The summed E-state index contributed by atoms with van der Waals surface area (Å²) in [4.78, 5) is 10.4. The molecule has 1 atom stereocenters. The molecule has 0 bridgehead atoms. The van der Waals surface area contributed by atoms with Gasteiger partial charge in [0.2, 0.25) is 0 Å². The van der Waals surface area contributed by atoms with Gasteiger partial charge in [0, 0.05) is 0 Å². The highest BCUT2D eigenvalue weighted by Crippen LogP contribution is 2.29. The van der Waals surface area contributed by atoms with E-state index in [0.717, 1.165) is 5.56 Å². The number of alkyl halides is 1. The van der Waals surface area contributed by atoms with Gasteiger partial charge in [0.15, 0.2) is 5.78 Å². The Kier molecular flexibility index (Phi) is 2.89. The monoisotopic (exact) mass is 194 g/mol. The fraction of sp³-hybridized carbons (Fsp3) is 0.182. The minimum Gasteiger partial charge on any atom is -0.292 e. The zero-order chi connectivity index (χ0) is 9.90. The van der Waals surface area contributed by atoms with Crippen LogP contribution in [0.2, 0.25) is 0 Å². The smallest absolute Gasteiger partial charge is 0.180 e. The van der Waals surface area contributed by atoms with Gasteiger partial charge in [-0.3, -0.25) is 4.79 Å². The van der Waals surface area contributed by atoms with Crippen LogP contribution in [0.5, 0.6) is 0 Å². The molecule has 0 radical (unpaired) electrons. The van der Waals surface area contributed by atoms with E-state index in [-0.39, 0.29) is 5.78 Å². The number of hydrogen-bond donors (Lipinski definition) is 0. The molecule has 1 aromatic rings. The van der Waals surface area contributed by atoms with Crippen molar-refractivity contribution in [1.82, 2.24) is 0 Å². The van der Waals surface area contributed by atoms with Gasteiger partial charge >= 0.3 is 0 Å². The van der Waals surface area contributed by atoms with Gasteiger partial charge in [0.25, 0.3) is 0 Å². The summed E-state index contributed by atoms with van der Waals surface area (Å²) in [6.45, 7) is 5.09. The second-order valence-corrected chi connectivity index (χ2v) is 3.69. The Labute approximate surface area is 83.0 Å². The summed E-state index contributed by atoms with van der Waals surface area (Å²) in [5.74, 6) is -0.180. The number of carbonyl (C=O) groups is 1. The molecular formula is C11H11ClO. The fourth-order valence-electron chi connectivity index (χ4n) is 1.09. The summed E-state index contributed by atoms with van der Waals surface area (Å²) in [7, 11) is 0. The molecule has 1 unspecified atom stereocenters. The van der Waals surface area contributed by atoms with E-state index in [1.54, 1.807) is 6.92 Å². The van der Waals surface area contributed by atoms with Crippen molar-refractivity contribution in [3.63, 3.8) is 0 Å². The van der Waals surface area contributed by atoms with Crippen LogP contribution in [0.4, 0.5) is 0 Å². The van der Waals surface area contributed by atoms with Crippen LogP contribution < -0.4 is 0 Å². The Balaban J connectivity index is 3.07. The van der Waals surface area contributed by atoms with Crippen LogP contribution in [0.15, 0.2) is 43.0 Å². The molecule has 0 saturated heterocycles. The topological polar surface area (TPSA) is 17.1 Å². The van der Waals surface area contributed by atoms with Gasteiger partial charge in [-0.15, -0.1) is 11.6 Å². The van der Waals surface area contributed by atoms with Gasteiger partial charge in [-0.2, -0.15) is 0 Å². The molecule has 0 amide bonds. The predicted molar refractivity (Wildman–Crippen MR) is 54.9 cm³/mol. The molecule has 0 aliphatic carbocycles. The summed E-state index contributed by atoms with van der Waals surface area (Å²) in [5, 5.41) is 0. The van der Waals surface area contributed by atoms with Crippen LogP contribution in [-0.4, -0.2) is 5.78 Å². The number of allylic oxidation sites excluding steroid dienone is 1. The van der Waals surface area contributed by atoms with E-state index in [0.29, 0.717) is 0 Å². The fourth-order valence-corrected chi connectivity index (χ4v) is 1.29. The van der Waals surface area contributed by atoms with E-state index in [1.807, 2.05) is 30.3 Å². The molecule has 0 spiro atoms. The van der Waals surface area contributed by atoms with E-state index in [4.69, 9.17) is 11.6 Å². The van der Waals surface area contributed by atoms with E-state index in [1.165, 1.54) is 6.08 Å². The number of halogens is 1. The molecule has 1 nitrogen and oxygen atoms in total. The lowest BCUT2D eigenvalue weighted by Crippen LogP contribution is -2.23. The molecule has 0 aliphatic heterocycles. The van der Waals surface area contributed by atoms with Gasteiger partial charge in [-0.1, -0.05) is 36.9 Å². The molecule has 1 aromatic carbocycles. The van der Waals surface area contributed by atoms with Gasteiger partial charge in [-0.25, -0.2) is 0 Å². The molecule has 13 heavy (non-hydrogen) atoms. The first-order valence-electron chi connectivity index (χ1n) is 4.00. The Bertz CT molecular complexity index is 314. The molecule has 0 fully saturated rings. The molecule has 2 heteroatoms. The third kappa shape index (κ3) is 1.99. The van der Waals surface area contributed by atoms with Crippen LogP contribution >= 0.6 is 11.6 Å². The summed E-state index contributed by atoms with van der Waals surface area (Å²) in [5.41, 5.74) is 0.793. The number of rotatable bonds is 3. The Morgan fingerprint density at radius 1 is 1.46 bits per heavy atom. The van der Waals surface area contributed by atoms with Crippen LogP contribution in [0, 0.1) is 0 Å². The molecule has 0 N–H and O–H groups in total. The molecule has 68 valence electrons. The minimum absolute atomic E-state index is 0.180. The lowest BCUT2D eigenvalue weighted by atomic mass is 9.96.